The highest BCUT2D eigenvalue weighted by atomic mass is 32.1. The van der Waals surface area contributed by atoms with Crippen LogP contribution in [-0.4, -0.2) is 17.9 Å². The Morgan fingerprint density at radius 2 is 1.30 bits per heavy atom. The van der Waals surface area contributed by atoms with Crippen molar-refractivity contribution >= 4 is 98.8 Å². The molecule has 0 aliphatic heterocycles. The number of furan rings is 2. The number of nitrogens with one attached hydrogen (secondary N) is 1. The Kier molecular flexibility index (Phi) is 9.63. The minimum atomic E-state index is -0.0979. The predicted octanol–water partition coefficient (Wildman–Crippen LogP) is 17.1. The topological polar surface area (TPSA) is 74.8 Å². The Bertz CT molecular complexity index is 3960. The van der Waals surface area contributed by atoms with Crippen molar-refractivity contribution in [2.75, 3.05) is 0 Å². The number of thiophene rings is 1. The Morgan fingerprint density at radius 3 is 2.16 bits per heavy atom. The second-order valence-electron chi connectivity index (χ2n) is 17.9. The number of allylic oxidation sites excluding steroid dienone is 4. The molecule has 8 aromatic carbocycles. The fourth-order valence-electron chi connectivity index (χ4n) is 10.4. The fraction of sp³-hybridized carbons (Fsp3) is 0.0984. The molecule has 3 heterocycles. The normalized spacial score (nSPS) is 14.1. The van der Waals surface area contributed by atoms with Crippen LogP contribution in [0.1, 0.15) is 61.9 Å². The minimum absolute atomic E-state index is 0.0979. The van der Waals surface area contributed by atoms with Crippen LogP contribution in [0.25, 0.3) is 91.9 Å². The molecule has 0 atom stereocenters. The maximum atomic E-state index is 9.51. The van der Waals surface area contributed by atoms with E-state index in [0.717, 1.165) is 93.6 Å². The average molecular weight is 884 g/mol. The highest BCUT2D eigenvalue weighted by Gasteiger charge is 2.37. The lowest BCUT2D eigenvalue weighted by molar-refractivity contribution is 0.655. The van der Waals surface area contributed by atoms with E-state index >= 15 is 0 Å². The van der Waals surface area contributed by atoms with Crippen LogP contribution >= 0.6 is 11.3 Å². The number of nitrogens with zero attached hydrogens (tertiary/aromatic N) is 2. The summed E-state index contributed by atoms with van der Waals surface area (Å²) >= 11 is 1.73. The molecule has 0 saturated carbocycles. The number of fused-ring (bicyclic) bond motifs is 10. The molecule has 1 aliphatic carbocycles. The Balaban J connectivity index is 0.933. The molecule has 3 aromatic heterocycles. The summed E-state index contributed by atoms with van der Waals surface area (Å²) in [5.41, 5.74) is 15.6. The summed E-state index contributed by atoms with van der Waals surface area (Å²) in [7, 11) is 0. The van der Waals surface area contributed by atoms with Crippen LogP contribution in [0.4, 0.5) is 0 Å². The molecule has 0 radical (unpaired) electrons. The van der Waals surface area contributed by atoms with E-state index in [-0.39, 0.29) is 11.3 Å². The number of amidine groups is 2. The maximum absolute atomic E-state index is 9.51. The highest BCUT2D eigenvalue weighted by molar-refractivity contribution is 7.25. The van der Waals surface area contributed by atoms with E-state index in [9.17, 15) is 5.41 Å². The lowest BCUT2D eigenvalue weighted by atomic mass is 9.77. The van der Waals surface area contributed by atoms with E-state index < -0.39 is 0 Å². The molecule has 12 rings (SSSR count). The van der Waals surface area contributed by atoms with Gasteiger partial charge in [-0.05, 0) is 106 Å². The number of aliphatic imine (C=N–C) groups is 2. The van der Waals surface area contributed by atoms with Crippen LogP contribution in [0.2, 0.25) is 0 Å². The van der Waals surface area contributed by atoms with Crippen molar-refractivity contribution in [2.24, 2.45) is 9.98 Å². The lowest BCUT2D eigenvalue weighted by Gasteiger charge is -2.26. The third-order valence-corrected chi connectivity index (χ3v) is 14.7. The van der Waals surface area contributed by atoms with Crippen molar-refractivity contribution in [1.82, 2.24) is 0 Å². The van der Waals surface area contributed by atoms with Gasteiger partial charge in [0.15, 0.2) is 11.7 Å². The first-order valence-corrected chi connectivity index (χ1v) is 23.7. The Labute approximate surface area is 392 Å². The summed E-state index contributed by atoms with van der Waals surface area (Å²) in [5, 5.41) is 15.7. The third kappa shape index (κ3) is 6.70. The second-order valence-corrected chi connectivity index (χ2v) is 19.0. The van der Waals surface area contributed by atoms with E-state index in [1.807, 2.05) is 66.9 Å². The number of benzene rings is 8. The summed E-state index contributed by atoms with van der Waals surface area (Å²) < 4.78 is 15.1. The Hall–Kier alpha value is -7.93. The molecular weight excluding hydrogens is 839 g/mol. The first kappa shape index (κ1) is 40.6. The molecule has 6 heteroatoms. The maximum Gasteiger partial charge on any atom is 0.161 e. The van der Waals surface area contributed by atoms with Crippen molar-refractivity contribution in [3.05, 3.63) is 209 Å². The molecule has 0 fully saturated rings. The molecule has 0 bridgehead atoms. The van der Waals surface area contributed by atoms with Gasteiger partial charge in [-0.25, -0.2) is 9.98 Å². The highest BCUT2D eigenvalue weighted by Crippen LogP contribution is 2.50. The molecule has 322 valence electrons. The van der Waals surface area contributed by atoms with Crippen molar-refractivity contribution in [1.29, 1.82) is 5.41 Å². The van der Waals surface area contributed by atoms with E-state index in [4.69, 9.17) is 18.8 Å². The molecule has 0 spiro atoms. The van der Waals surface area contributed by atoms with Gasteiger partial charge in [-0.15, -0.1) is 11.3 Å². The van der Waals surface area contributed by atoms with Crippen LogP contribution in [0.5, 0.6) is 0 Å². The second kappa shape index (κ2) is 15.9. The molecule has 1 aliphatic rings. The van der Waals surface area contributed by atoms with Gasteiger partial charge < -0.3 is 8.83 Å². The van der Waals surface area contributed by atoms with Crippen LogP contribution in [-0.2, 0) is 5.41 Å². The third-order valence-electron chi connectivity index (χ3n) is 13.6. The zero-order chi connectivity index (χ0) is 45.4. The van der Waals surface area contributed by atoms with Gasteiger partial charge in [-0.3, -0.25) is 5.41 Å². The minimum Gasteiger partial charge on any atom is -0.456 e. The van der Waals surface area contributed by atoms with E-state index in [2.05, 4.69) is 143 Å². The summed E-state index contributed by atoms with van der Waals surface area (Å²) in [6.45, 7) is 9.16. The number of rotatable bonds is 7. The van der Waals surface area contributed by atoms with Gasteiger partial charge in [0, 0.05) is 70.0 Å². The zero-order valence-electron chi connectivity index (χ0n) is 37.6. The van der Waals surface area contributed by atoms with Gasteiger partial charge in [-0.1, -0.05) is 148 Å². The van der Waals surface area contributed by atoms with Crippen molar-refractivity contribution in [2.45, 2.75) is 39.5 Å². The van der Waals surface area contributed by atoms with Gasteiger partial charge in [0.05, 0.1) is 0 Å². The largest absolute Gasteiger partial charge is 0.456 e. The van der Waals surface area contributed by atoms with Crippen LogP contribution in [0.3, 0.4) is 0 Å². The fourth-order valence-corrected chi connectivity index (χ4v) is 11.5. The van der Waals surface area contributed by atoms with Crippen LogP contribution < -0.4 is 0 Å². The predicted molar refractivity (Wildman–Crippen MR) is 284 cm³/mol. The SMILES string of the molecule is CC/C=C\C1=C(C)c2cccc(-c3ccc(-c4ccc5oc6cccc(C=NC(=NC(=N)c7cccc8sc9ccccc9c78)c7ccc8c(c7)oc7ccccc78)c6c5c4)cc3)c2C1(C)C. The van der Waals surface area contributed by atoms with Crippen molar-refractivity contribution in [3.63, 3.8) is 0 Å². The monoisotopic (exact) mass is 883 g/mol. The van der Waals surface area contributed by atoms with Gasteiger partial charge in [-0.2, -0.15) is 0 Å². The summed E-state index contributed by atoms with van der Waals surface area (Å²) in [4.78, 5) is 10.2. The first-order valence-electron chi connectivity index (χ1n) is 22.9. The number of para-hydroxylation sites is 1. The molecule has 1 N–H and O–H groups in total. The Morgan fingerprint density at radius 1 is 0.612 bits per heavy atom. The van der Waals surface area contributed by atoms with Crippen molar-refractivity contribution < 1.29 is 8.83 Å². The summed E-state index contributed by atoms with van der Waals surface area (Å²) in [6.07, 6.45) is 7.47. The number of hydrogen-bond donors (Lipinski definition) is 1. The quantitative estimate of drug-likeness (QED) is 0.128. The molecule has 11 aromatic rings. The lowest BCUT2D eigenvalue weighted by Crippen LogP contribution is -2.17. The molecule has 0 amide bonds. The molecule has 67 heavy (non-hydrogen) atoms. The van der Waals surface area contributed by atoms with Gasteiger partial charge in [0.1, 0.15) is 22.3 Å². The smallest absolute Gasteiger partial charge is 0.161 e. The molecule has 0 saturated heterocycles. The van der Waals surface area contributed by atoms with Gasteiger partial charge in [0.25, 0.3) is 0 Å². The standard InChI is InChI=1S/C61H45N3O2S/c1-5-6-20-49-36(2)42-17-12-18-43(58(42)61(49,3)4)38-27-25-37(26-28-38)39-30-32-51-48(33-39)56-41(14-11-22-52(56)65-51)35-63-60(40-29-31-45-44-15-7-9-21-50(44)66-53(45)34-40)64-59(62)47-19-13-24-55-57(47)46-16-8-10-23-54(46)67-55/h6-35,62H,5H2,1-4H3/b20-6-,62-59?,63-35?,64-60?. The van der Waals surface area contributed by atoms with E-state index in [1.165, 1.54) is 38.1 Å². The number of hydrogen-bond acceptors (Lipinski definition) is 4. The van der Waals surface area contributed by atoms with E-state index in [0.29, 0.717) is 5.84 Å². The van der Waals surface area contributed by atoms with E-state index in [1.54, 1.807) is 11.3 Å². The molecule has 5 nitrogen and oxygen atoms in total. The zero-order valence-corrected chi connectivity index (χ0v) is 38.5. The summed E-state index contributed by atoms with van der Waals surface area (Å²) in [6, 6.07) is 56.8. The summed E-state index contributed by atoms with van der Waals surface area (Å²) in [5.74, 6) is 0.538. The van der Waals surface area contributed by atoms with Gasteiger partial charge >= 0.3 is 0 Å². The molecular formula is C61H45N3O2S. The molecule has 0 unspecified atom stereocenters. The van der Waals surface area contributed by atoms with Crippen LogP contribution in [0, 0.1) is 5.41 Å². The van der Waals surface area contributed by atoms with Crippen molar-refractivity contribution in [3.8, 4) is 22.3 Å². The van der Waals surface area contributed by atoms with Gasteiger partial charge in [0.2, 0.25) is 0 Å². The average Bonchev–Trinajstić information content (AvgIpc) is 4.09. The van der Waals surface area contributed by atoms with Crippen LogP contribution in [0.15, 0.2) is 200 Å². The first-order chi connectivity index (χ1) is 32.7.